The highest BCUT2D eigenvalue weighted by Crippen LogP contribution is 2.35. The van der Waals surface area contributed by atoms with Gasteiger partial charge in [0.25, 0.3) is 0 Å². The molecule has 0 amide bonds. The first-order valence-corrected chi connectivity index (χ1v) is 8.27. The van der Waals surface area contributed by atoms with Crippen molar-refractivity contribution in [2.75, 3.05) is 26.2 Å². The van der Waals surface area contributed by atoms with Gasteiger partial charge in [0.2, 0.25) is 0 Å². The van der Waals surface area contributed by atoms with Crippen molar-refractivity contribution >= 4 is 0 Å². The van der Waals surface area contributed by atoms with Crippen LogP contribution in [-0.4, -0.2) is 37.1 Å². The Morgan fingerprint density at radius 1 is 1.11 bits per heavy atom. The van der Waals surface area contributed by atoms with Gasteiger partial charge >= 0.3 is 0 Å². The molecule has 4 atom stereocenters. The number of terminal acetylenes is 1. The van der Waals surface area contributed by atoms with Gasteiger partial charge in [-0.25, -0.2) is 0 Å². The first-order chi connectivity index (χ1) is 9.36. The first-order valence-electron chi connectivity index (χ1n) is 8.27. The molecule has 0 aromatic heterocycles. The van der Waals surface area contributed by atoms with E-state index in [1.807, 2.05) is 0 Å². The second kappa shape index (κ2) is 6.29. The molecular weight excluding hydrogens is 232 g/mol. The van der Waals surface area contributed by atoms with Gasteiger partial charge in [-0.2, -0.15) is 0 Å². The average molecular weight is 260 g/mol. The van der Waals surface area contributed by atoms with E-state index in [1.54, 1.807) is 0 Å². The lowest BCUT2D eigenvalue weighted by Gasteiger charge is -2.48. The van der Waals surface area contributed by atoms with E-state index in [0.29, 0.717) is 5.92 Å². The van der Waals surface area contributed by atoms with Crippen LogP contribution in [0.3, 0.4) is 0 Å². The fourth-order valence-corrected chi connectivity index (χ4v) is 4.38. The van der Waals surface area contributed by atoms with Gasteiger partial charge in [0.15, 0.2) is 0 Å². The Labute approximate surface area is 118 Å². The molecular formula is C17H28N2. The Morgan fingerprint density at radius 3 is 2.63 bits per heavy atom. The Kier molecular flexibility index (Phi) is 4.45. The first kappa shape index (κ1) is 13.5. The predicted octanol–water partition coefficient (Wildman–Crippen LogP) is 2.50. The smallest absolute Gasteiger partial charge is 0.0356 e. The van der Waals surface area contributed by atoms with E-state index in [0.717, 1.165) is 24.4 Å². The third kappa shape index (κ3) is 3.15. The number of hydrogen-bond donors (Lipinski definition) is 1. The molecule has 4 rings (SSSR count). The number of nitrogens with zero attached hydrogens (tertiary/aromatic N) is 1. The molecule has 2 heteroatoms. The Morgan fingerprint density at radius 2 is 1.95 bits per heavy atom. The van der Waals surface area contributed by atoms with Gasteiger partial charge in [0, 0.05) is 25.0 Å². The van der Waals surface area contributed by atoms with Gasteiger partial charge in [-0.3, -0.25) is 4.90 Å². The van der Waals surface area contributed by atoms with Gasteiger partial charge in [0.1, 0.15) is 0 Å². The van der Waals surface area contributed by atoms with Crippen LogP contribution in [0.4, 0.5) is 0 Å². The van der Waals surface area contributed by atoms with E-state index in [4.69, 9.17) is 6.42 Å². The maximum Gasteiger partial charge on any atom is 0.0356 e. The molecule has 3 aliphatic heterocycles. The van der Waals surface area contributed by atoms with Crippen LogP contribution >= 0.6 is 0 Å². The van der Waals surface area contributed by atoms with Crippen LogP contribution in [0.25, 0.3) is 0 Å². The maximum absolute atomic E-state index is 5.64. The molecule has 2 bridgehead atoms. The minimum atomic E-state index is 0.531. The van der Waals surface area contributed by atoms with Crippen molar-refractivity contribution in [3.63, 3.8) is 0 Å². The molecule has 0 aromatic carbocycles. The number of piperidine rings is 3. The standard InChI is InChI=1S/C17H28N2/c1-2-15-13-19-9-8-16(15)10-17(19)12-18-11-14-6-4-3-5-7-14/h1,14-18H,3-13H2. The molecule has 19 heavy (non-hydrogen) atoms. The minimum Gasteiger partial charge on any atom is -0.315 e. The van der Waals surface area contributed by atoms with Gasteiger partial charge in [0.05, 0.1) is 0 Å². The number of rotatable bonds is 4. The zero-order chi connectivity index (χ0) is 13.1. The highest BCUT2D eigenvalue weighted by molar-refractivity contribution is 5.05. The van der Waals surface area contributed by atoms with Gasteiger partial charge in [-0.05, 0) is 50.6 Å². The van der Waals surface area contributed by atoms with Crippen molar-refractivity contribution in [2.24, 2.45) is 17.8 Å². The van der Waals surface area contributed by atoms with Gasteiger partial charge < -0.3 is 5.32 Å². The van der Waals surface area contributed by atoms with Crippen molar-refractivity contribution in [3.05, 3.63) is 0 Å². The SMILES string of the molecule is C#CC1CN2CCC1CC2CNCC1CCCCC1. The van der Waals surface area contributed by atoms with Crippen molar-refractivity contribution in [1.82, 2.24) is 10.2 Å². The van der Waals surface area contributed by atoms with Crippen LogP contribution in [0.15, 0.2) is 0 Å². The molecule has 4 unspecified atom stereocenters. The van der Waals surface area contributed by atoms with Crippen molar-refractivity contribution in [3.8, 4) is 12.3 Å². The second-order valence-electron chi connectivity index (χ2n) is 6.87. The van der Waals surface area contributed by atoms with E-state index in [2.05, 4.69) is 16.1 Å². The summed E-state index contributed by atoms with van der Waals surface area (Å²) >= 11 is 0. The lowest BCUT2D eigenvalue weighted by Crippen LogP contribution is -2.56. The van der Waals surface area contributed by atoms with Gasteiger partial charge in [-0.15, -0.1) is 12.3 Å². The topological polar surface area (TPSA) is 15.3 Å². The monoisotopic (exact) mass is 260 g/mol. The van der Waals surface area contributed by atoms with Crippen molar-refractivity contribution in [1.29, 1.82) is 0 Å². The van der Waals surface area contributed by atoms with Crippen LogP contribution in [-0.2, 0) is 0 Å². The van der Waals surface area contributed by atoms with Gasteiger partial charge in [-0.1, -0.05) is 19.3 Å². The predicted molar refractivity (Wildman–Crippen MR) is 79.9 cm³/mol. The van der Waals surface area contributed by atoms with Crippen LogP contribution in [0.5, 0.6) is 0 Å². The molecule has 0 spiro atoms. The Balaban J connectivity index is 1.40. The molecule has 3 heterocycles. The summed E-state index contributed by atoms with van der Waals surface area (Å²) in [6.07, 6.45) is 15.6. The van der Waals surface area contributed by atoms with Crippen LogP contribution in [0, 0.1) is 30.1 Å². The highest BCUT2D eigenvalue weighted by atomic mass is 15.2. The summed E-state index contributed by atoms with van der Waals surface area (Å²) in [7, 11) is 0. The molecule has 0 radical (unpaired) electrons. The van der Waals surface area contributed by atoms with E-state index < -0.39 is 0 Å². The van der Waals surface area contributed by atoms with Crippen molar-refractivity contribution in [2.45, 2.75) is 51.0 Å². The fraction of sp³-hybridized carbons (Fsp3) is 0.882. The maximum atomic E-state index is 5.64. The van der Waals surface area contributed by atoms with Crippen LogP contribution in [0.1, 0.15) is 44.9 Å². The molecule has 106 valence electrons. The molecule has 2 nitrogen and oxygen atoms in total. The Hall–Kier alpha value is -0.520. The van der Waals surface area contributed by atoms with E-state index in [1.165, 1.54) is 64.6 Å². The quantitative estimate of drug-likeness (QED) is 0.781. The summed E-state index contributed by atoms with van der Waals surface area (Å²) in [6, 6.07) is 0.756. The summed E-state index contributed by atoms with van der Waals surface area (Å²) < 4.78 is 0. The lowest BCUT2D eigenvalue weighted by molar-refractivity contribution is 0.0224. The molecule has 1 aliphatic carbocycles. The molecule has 4 fully saturated rings. The van der Waals surface area contributed by atoms with E-state index >= 15 is 0 Å². The number of nitrogens with one attached hydrogen (secondary N) is 1. The molecule has 1 N–H and O–H groups in total. The fourth-order valence-electron chi connectivity index (χ4n) is 4.38. The molecule has 4 aliphatic rings. The Bertz CT molecular complexity index is 327. The van der Waals surface area contributed by atoms with Crippen molar-refractivity contribution < 1.29 is 0 Å². The highest BCUT2D eigenvalue weighted by Gasteiger charge is 2.38. The zero-order valence-corrected chi connectivity index (χ0v) is 12.1. The van der Waals surface area contributed by atoms with Crippen LogP contribution < -0.4 is 5.32 Å². The van der Waals surface area contributed by atoms with E-state index in [-0.39, 0.29) is 0 Å². The van der Waals surface area contributed by atoms with E-state index in [9.17, 15) is 0 Å². The molecule has 1 saturated carbocycles. The number of hydrogen-bond acceptors (Lipinski definition) is 2. The third-order valence-corrected chi connectivity index (χ3v) is 5.63. The normalized spacial score (nSPS) is 39.1. The van der Waals surface area contributed by atoms with Crippen LogP contribution in [0.2, 0.25) is 0 Å². The molecule has 0 aromatic rings. The lowest BCUT2D eigenvalue weighted by atomic mass is 9.76. The summed E-state index contributed by atoms with van der Waals surface area (Å²) in [5.41, 5.74) is 0. The summed E-state index contributed by atoms with van der Waals surface area (Å²) in [5, 5.41) is 3.75. The average Bonchev–Trinajstić information content (AvgIpc) is 2.49. The summed E-state index contributed by atoms with van der Waals surface area (Å²) in [4.78, 5) is 2.64. The molecule has 3 saturated heterocycles. The number of fused-ring (bicyclic) bond motifs is 3. The summed E-state index contributed by atoms with van der Waals surface area (Å²) in [6.45, 7) is 4.85. The second-order valence-corrected chi connectivity index (χ2v) is 6.87. The third-order valence-electron chi connectivity index (χ3n) is 5.63. The minimum absolute atomic E-state index is 0.531. The summed E-state index contributed by atoms with van der Waals surface area (Å²) in [5.74, 6) is 5.28. The largest absolute Gasteiger partial charge is 0.315 e. The zero-order valence-electron chi connectivity index (χ0n) is 12.1.